The first-order valence-corrected chi connectivity index (χ1v) is 4.02. The first-order chi connectivity index (χ1) is 5.57. The van der Waals surface area contributed by atoms with Crippen LogP contribution in [0.4, 0.5) is 0 Å². The van der Waals surface area contributed by atoms with Gasteiger partial charge in [-0.05, 0) is 24.1 Å². The Morgan fingerprint density at radius 3 is 2.42 bits per heavy atom. The first-order valence-electron chi connectivity index (χ1n) is 4.02. The average Bonchev–Trinajstić information content (AvgIpc) is 2.08. The third-order valence-corrected chi connectivity index (χ3v) is 2.41. The maximum atomic E-state index is 9.37. The summed E-state index contributed by atoms with van der Waals surface area (Å²) in [5.74, 6) is -0.0572. The maximum absolute atomic E-state index is 9.37. The van der Waals surface area contributed by atoms with Crippen molar-refractivity contribution in [2.45, 2.75) is 31.7 Å². The van der Waals surface area contributed by atoms with E-state index in [2.05, 4.69) is 0 Å². The molecule has 1 rings (SSSR count). The predicted molar refractivity (Wildman–Crippen MR) is 44.1 cm³/mol. The van der Waals surface area contributed by atoms with Crippen molar-refractivity contribution >= 4 is 0 Å². The lowest BCUT2D eigenvalue weighted by Crippen LogP contribution is -2.47. The highest BCUT2D eigenvalue weighted by Gasteiger charge is 2.36. The van der Waals surface area contributed by atoms with Crippen molar-refractivity contribution in [2.24, 2.45) is 11.7 Å². The summed E-state index contributed by atoms with van der Waals surface area (Å²) in [5.41, 5.74) is 5.85. The van der Waals surface area contributed by atoms with E-state index in [1.165, 1.54) is 6.20 Å². The molecule has 0 unspecified atom stereocenters. The van der Waals surface area contributed by atoms with Crippen LogP contribution in [-0.4, -0.2) is 33.6 Å². The summed E-state index contributed by atoms with van der Waals surface area (Å²) in [6.45, 7) is 1.81. The summed E-state index contributed by atoms with van der Waals surface area (Å²) in [4.78, 5) is 0. The molecule has 70 valence electrons. The van der Waals surface area contributed by atoms with Crippen LogP contribution in [0.2, 0.25) is 0 Å². The van der Waals surface area contributed by atoms with Gasteiger partial charge in [-0.1, -0.05) is 6.92 Å². The monoisotopic (exact) mass is 173 g/mol. The molecule has 4 heteroatoms. The van der Waals surface area contributed by atoms with Crippen molar-refractivity contribution in [3.8, 4) is 0 Å². The van der Waals surface area contributed by atoms with Gasteiger partial charge in [-0.15, -0.1) is 0 Å². The predicted octanol–water partition coefficient (Wildman–Crippen LogP) is -1.05. The van der Waals surface area contributed by atoms with Gasteiger partial charge in [0.15, 0.2) is 0 Å². The highest BCUT2D eigenvalue weighted by molar-refractivity contribution is 5.14. The molecular formula is C8H15NO3. The highest BCUT2D eigenvalue weighted by Crippen LogP contribution is 2.28. The van der Waals surface area contributed by atoms with E-state index in [1.54, 1.807) is 0 Å². The van der Waals surface area contributed by atoms with Crippen molar-refractivity contribution in [3.63, 3.8) is 0 Å². The lowest BCUT2D eigenvalue weighted by atomic mass is 9.81. The second-order valence-corrected chi connectivity index (χ2v) is 3.35. The van der Waals surface area contributed by atoms with Gasteiger partial charge in [-0.3, -0.25) is 0 Å². The molecular weight excluding hydrogens is 158 g/mol. The molecule has 1 fully saturated rings. The van der Waals surface area contributed by atoms with E-state index >= 15 is 0 Å². The van der Waals surface area contributed by atoms with Crippen LogP contribution in [0.15, 0.2) is 11.8 Å². The molecule has 0 amide bonds. The minimum atomic E-state index is -1.11. The van der Waals surface area contributed by atoms with E-state index in [0.29, 0.717) is 12.0 Å². The minimum absolute atomic E-state index is 0.0572. The summed E-state index contributed by atoms with van der Waals surface area (Å²) in [7, 11) is 0. The van der Waals surface area contributed by atoms with E-state index in [-0.39, 0.29) is 5.92 Å². The summed E-state index contributed by atoms with van der Waals surface area (Å²) in [6.07, 6.45) is -1.14. The molecule has 1 saturated carbocycles. The van der Waals surface area contributed by atoms with Crippen molar-refractivity contribution < 1.29 is 15.3 Å². The normalized spacial score (nSPS) is 46.5. The number of aliphatic hydroxyl groups excluding tert-OH is 3. The Kier molecular flexibility index (Phi) is 2.72. The molecule has 0 heterocycles. The number of hydrogen-bond acceptors (Lipinski definition) is 4. The van der Waals surface area contributed by atoms with Gasteiger partial charge in [0.1, 0.15) is 12.2 Å². The van der Waals surface area contributed by atoms with Crippen LogP contribution in [0.5, 0.6) is 0 Å². The molecule has 0 aliphatic heterocycles. The van der Waals surface area contributed by atoms with Crippen LogP contribution < -0.4 is 5.73 Å². The van der Waals surface area contributed by atoms with Crippen molar-refractivity contribution in [1.82, 2.24) is 0 Å². The fourth-order valence-electron chi connectivity index (χ4n) is 1.52. The lowest BCUT2D eigenvalue weighted by Gasteiger charge is -2.34. The third kappa shape index (κ3) is 1.46. The first kappa shape index (κ1) is 9.51. The Balaban J connectivity index is 2.77. The van der Waals surface area contributed by atoms with E-state index in [1.807, 2.05) is 6.92 Å². The molecule has 12 heavy (non-hydrogen) atoms. The Morgan fingerprint density at radius 2 is 1.92 bits per heavy atom. The average molecular weight is 173 g/mol. The molecule has 0 bridgehead atoms. The van der Waals surface area contributed by atoms with Crippen LogP contribution in [0.1, 0.15) is 13.3 Å². The fraction of sp³-hybridized carbons (Fsp3) is 0.750. The summed E-state index contributed by atoms with van der Waals surface area (Å²) in [5, 5.41) is 28.0. The molecule has 0 saturated heterocycles. The number of aliphatic hydroxyl groups is 3. The van der Waals surface area contributed by atoms with E-state index in [0.717, 1.165) is 0 Å². The largest absolute Gasteiger partial charge is 0.405 e. The van der Waals surface area contributed by atoms with Crippen LogP contribution >= 0.6 is 0 Å². The van der Waals surface area contributed by atoms with Crippen molar-refractivity contribution in [3.05, 3.63) is 11.8 Å². The number of rotatable bonds is 0. The second kappa shape index (κ2) is 3.43. The Bertz CT molecular complexity index is 193. The molecule has 0 aromatic rings. The van der Waals surface area contributed by atoms with Gasteiger partial charge in [0.25, 0.3) is 0 Å². The van der Waals surface area contributed by atoms with Gasteiger partial charge in [0.05, 0.1) is 6.10 Å². The standard InChI is InChI=1S/C8H15NO3/c1-4-2-5(3-9)7(11)8(12)6(4)10/h3-4,6-8,10-12H,2,9H2,1H3/b5-3+/t4-,6-,7-,8-/m1/s1. The number of hydrogen-bond donors (Lipinski definition) is 4. The zero-order valence-electron chi connectivity index (χ0n) is 7.01. The molecule has 0 aromatic heterocycles. The molecule has 4 atom stereocenters. The molecule has 4 nitrogen and oxygen atoms in total. The van der Waals surface area contributed by atoms with Crippen LogP contribution in [0.25, 0.3) is 0 Å². The molecule has 0 radical (unpaired) electrons. The van der Waals surface area contributed by atoms with Crippen molar-refractivity contribution in [1.29, 1.82) is 0 Å². The molecule has 0 aromatic carbocycles. The zero-order valence-corrected chi connectivity index (χ0v) is 7.01. The van der Waals surface area contributed by atoms with E-state index in [9.17, 15) is 15.3 Å². The Morgan fingerprint density at radius 1 is 1.33 bits per heavy atom. The van der Waals surface area contributed by atoms with Gasteiger partial charge in [-0.25, -0.2) is 0 Å². The van der Waals surface area contributed by atoms with Crippen LogP contribution in [0, 0.1) is 5.92 Å². The van der Waals surface area contributed by atoms with Gasteiger partial charge in [-0.2, -0.15) is 0 Å². The fourth-order valence-corrected chi connectivity index (χ4v) is 1.52. The van der Waals surface area contributed by atoms with Gasteiger partial charge < -0.3 is 21.1 Å². The van der Waals surface area contributed by atoms with Gasteiger partial charge in [0.2, 0.25) is 0 Å². The molecule has 5 N–H and O–H groups in total. The zero-order chi connectivity index (χ0) is 9.30. The van der Waals surface area contributed by atoms with Crippen molar-refractivity contribution in [2.75, 3.05) is 0 Å². The van der Waals surface area contributed by atoms with E-state index < -0.39 is 18.3 Å². The Labute approximate surface area is 71.3 Å². The second-order valence-electron chi connectivity index (χ2n) is 3.35. The summed E-state index contributed by atoms with van der Waals surface area (Å²) >= 11 is 0. The number of nitrogens with two attached hydrogens (primary N) is 1. The topological polar surface area (TPSA) is 86.7 Å². The highest BCUT2D eigenvalue weighted by atomic mass is 16.4. The van der Waals surface area contributed by atoms with E-state index in [4.69, 9.17) is 5.73 Å². The summed E-state index contributed by atoms with van der Waals surface area (Å²) in [6, 6.07) is 0. The van der Waals surface area contributed by atoms with Crippen LogP contribution in [-0.2, 0) is 0 Å². The Hall–Kier alpha value is -0.580. The van der Waals surface area contributed by atoms with Crippen LogP contribution in [0.3, 0.4) is 0 Å². The van der Waals surface area contributed by atoms with Gasteiger partial charge in [0, 0.05) is 0 Å². The third-order valence-electron chi connectivity index (χ3n) is 2.41. The SMILES string of the molecule is C[C@@H]1C/C(=C\N)[C@@H](O)[C@H](O)[C@@H]1O. The molecule has 1 aliphatic carbocycles. The van der Waals surface area contributed by atoms with Gasteiger partial charge >= 0.3 is 0 Å². The molecule has 1 aliphatic rings. The lowest BCUT2D eigenvalue weighted by molar-refractivity contribution is -0.0841. The minimum Gasteiger partial charge on any atom is -0.405 e. The summed E-state index contributed by atoms with van der Waals surface area (Å²) < 4.78 is 0. The smallest absolute Gasteiger partial charge is 0.110 e. The maximum Gasteiger partial charge on any atom is 0.110 e. The molecule has 0 spiro atoms. The quantitative estimate of drug-likeness (QED) is 0.376.